The summed E-state index contributed by atoms with van der Waals surface area (Å²) in [6, 6.07) is 2.11. The second-order valence-corrected chi connectivity index (χ2v) is 5.02. The quantitative estimate of drug-likeness (QED) is 0.769. The molecule has 1 aliphatic rings. The highest BCUT2D eigenvalue weighted by molar-refractivity contribution is 5.00. The van der Waals surface area contributed by atoms with Crippen LogP contribution in [0.4, 0.5) is 0 Å². The highest BCUT2D eigenvalue weighted by Gasteiger charge is 2.16. The summed E-state index contributed by atoms with van der Waals surface area (Å²) in [7, 11) is 2.01. The fourth-order valence-corrected chi connectivity index (χ4v) is 2.47. The molecule has 1 aromatic rings. The molecule has 0 radical (unpaired) electrons. The third-order valence-corrected chi connectivity index (χ3v) is 3.75. The molecule has 2 heterocycles. The maximum Gasteiger partial charge on any atom is 0.0492 e. The van der Waals surface area contributed by atoms with E-state index in [9.17, 15) is 0 Å². The number of hydrogen-bond acceptors (Lipinski definition) is 4. The van der Waals surface area contributed by atoms with Gasteiger partial charge in [-0.25, -0.2) is 0 Å². The van der Waals surface area contributed by atoms with Crippen LogP contribution in [0.25, 0.3) is 0 Å². The Kier molecular flexibility index (Phi) is 5.16. The molecule has 0 aliphatic carbocycles. The molecule has 18 heavy (non-hydrogen) atoms. The summed E-state index contributed by atoms with van der Waals surface area (Å²) in [5.74, 6) is 0. The van der Waals surface area contributed by atoms with E-state index in [2.05, 4.69) is 21.0 Å². The zero-order valence-corrected chi connectivity index (χ0v) is 11.4. The molecule has 1 aromatic heterocycles. The van der Waals surface area contributed by atoms with Gasteiger partial charge in [0.25, 0.3) is 0 Å². The van der Waals surface area contributed by atoms with E-state index < -0.39 is 0 Å². The number of aromatic nitrogens is 2. The van der Waals surface area contributed by atoms with Crippen molar-refractivity contribution in [3.05, 3.63) is 18.0 Å². The first-order chi connectivity index (χ1) is 8.79. The number of piperazine rings is 1. The van der Waals surface area contributed by atoms with E-state index in [4.69, 9.17) is 5.73 Å². The molecular formula is C13H25N5. The molecule has 1 aliphatic heterocycles. The second-order valence-electron chi connectivity index (χ2n) is 5.02. The minimum Gasteiger partial charge on any atom is -0.330 e. The van der Waals surface area contributed by atoms with Crippen LogP contribution in [0.1, 0.15) is 12.1 Å². The fourth-order valence-electron chi connectivity index (χ4n) is 2.47. The van der Waals surface area contributed by atoms with Gasteiger partial charge in [-0.2, -0.15) is 5.10 Å². The lowest BCUT2D eigenvalue weighted by molar-refractivity contribution is 0.132. The highest BCUT2D eigenvalue weighted by Crippen LogP contribution is 2.05. The number of rotatable bonds is 6. The Balaban J connectivity index is 1.66. The summed E-state index contributed by atoms with van der Waals surface area (Å²) < 4.78 is 1.97. The van der Waals surface area contributed by atoms with E-state index in [0.29, 0.717) is 0 Å². The lowest BCUT2D eigenvalue weighted by Crippen LogP contribution is -2.47. The molecule has 0 unspecified atom stereocenters. The first-order valence-corrected chi connectivity index (χ1v) is 6.91. The molecule has 0 atom stereocenters. The van der Waals surface area contributed by atoms with Crippen LogP contribution in [0.3, 0.4) is 0 Å². The molecule has 5 heteroatoms. The third-order valence-electron chi connectivity index (χ3n) is 3.75. The van der Waals surface area contributed by atoms with Gasteiger partial charge < -0.3 is 15.5 Å². The zero-order valence-electron chi connectivity index (χ0n) is 11.4. The van der Waals surface area contributed by atoms with Gasteiger partial charge in [-0.15, -0.1) is 0 Å². The van der Waals surface area contributed by atoms with E-state index in [1.807, 2.05) is 17.9 Å². The minimum absolute atomic E-state index is 0.806. The van der Waals surface area contributed by atoms with E-state index in [-0.39, 0.29) is 0 Å². The summed E-state index contributed by atoms with van der Waals surface area (Å²) in [5.41, 5.74) is 6.86. The van der Waals surface area contributed by atoms with Crippen LogP contribution in [0, 0.1) is 0 Å². The van der Waals surface area contributed by atoms with Crippen molar-refractivity contribution in [1.29, 1.82) is 0 Å². The highest BCUT2D eigenvalue weighted by atomic mass is 15.3. The normalized spacial score (nSPS) is 18.3. The van der Waals surface area contributed by atoms with Gasteiger partial charge in [0.2, 0.25) is 0 Å². The lowest BCUT2D eigenvalue weighted by Gasteiger charge is -2.34. The van der Waals surface area contributed by atoms with Crippen LogP contribution in [-0.4, -0.2) is 65.4 Å². The predicted octanol–water partition coefficient (Wildman–Crippen LogP) is -0.0710. The smallest absolute Gasteiger partial charge is 0.0492 e. The van der Waals surface area contributed by atoms with Gasteiger partial charge in [0, 0.05) is 58.1 Å². The second kappa shape index (κ2) is 6.87. The van der Waals surface area contributed by atoms with Crippen molar-refractivity contribution in [2.24, 2.45) is 12.8 Å². The molecular weight excluding hydrogens is 226 g/mol. The van der Waals surface area contributed by atoms with Gasteiger partial charge in [-0.05, 0) is 25.6 Å². The number of nitrogens with two attached hydrogens (primary N) is 1. The zero-order chi connectivity index (χ0) is 12.8. The molecule has 102 valence electrons. The SMILES string of the molecule is Cn1nccc1CCN1CCN(CCCN)CC1. The number of nitrogens with zero attached hydrogens (tertiary/aromatic N) is 4. The van der Waals surface area contributed by atoms with E-state index in [1.165, 1.54) is 31.9 Å². The van der Waals surface area contributed by atoms with Crippen LogP contribution >= 0.6 is 0 Å². The molecule has 2 N–H and O–H groups in total. The summed E-state index contributed by atoms with van der Waals surface area (Å²) in [5, 5.41) is 4.20. The van der Waals surface area contributed by atoms with E-state index in [0.717, 1.165) is 32.5 Å². The molecule has 1 fully saturated rings. The molecule has 0 saturated carbocycles. The van der Waals surface area contributed by atoms with Crippen molar-refractivity contribution in [3.63, 3.8) is 0 Å². The largest absolute Gasteiger partial charge is 0.330 e. The first kappa shape index (κ1) is 13.5. The number of aryl methyl sites for hydroxylation is 1. The monoisotopic (exact) mass is 251 g/mol. The molecule has 1 saturated heterocycles. The van der Waals surface area contributed by atoms with Crippen LogP contribution in [0.15, 0.2) is 12.3 Å². The van der Waals surface area contributed by atoms with Crippen molar-refractivity contribution in [2.45, 2.75) is 12.8 Å². The number of hydrogen-bond donors (Lipinski definition) is 1. The molecule has 0 spiro atoms. The molecule has 0 bridgehead atoms. The minimum atomic E-state index is 0.806. The van der Waals surface area contributed by atoms with Gasteiger partial charge >= 0.3 is 0 Å². The van der Waals surface area contributed by atoms with Gasteiger partial charge in [0.1, 0.15) is 0 Å². The van der Waals surface area contributed by atoms with Gasteiger partial charge in [0.15, 0.2) is 0 Å². The van der Waals surface area contributed by atoms with Gasteiger partial charge in [-0.3, -0.25) is 4.68 Å². The Morgan fingerprint density at radius 2 is 1.83 bits per heavy atom. The Bertz CT molecular complexity index is 341. The average Bonchev–Trinajstić information content (AvgIpc) is 2.81. The summed E-state index contributed by atoms with van der Waals surface area (Å²) >= 11 is 0. The molecule has 5 nitrogen and oxygen atoms in total. The van der Waals surface area contributed by atoms with Crippen molar-refractivity contribution in [2.75, 3.05) is 45.8 Å². The van der Waals surface area contributed by atoms with Crippen molar-refractivity contribution < 1.29 is 0 Å². The van der Waals surface area contributed by atoms with Crippen molar-refractivity contribution in [3.8, 4) is 0 Å². The van der Waals surface area contributed by atoms with Gasteiger partial charge in [0.05, 0.1) is 0 Å². The summed E-state index contributed by atoms with van der Waals surface area (Å²) in [4.78, 5) is 5.07. The Morgan fingerprint density at radius 3 is 2.39 bits per heavy atom. The third kappa shape index (κ3) is 3.80. The predicted molar refractivity (Wildman–Crippen MR) is 73.5 cm³/mol. The van der Waals surface area contributed by atoms with Crippen LogP contribution in [0.5, 0.6) is 0 Å². The first-order valence-electron chi connectivity index (χ1n) is 6.91. The average molecular weight is 251 g/mol. The Hall–Kier alpha value is -0.910. The van der Waals surface area contributed by atoms with Crippen LogP contribution < -0.4 is 5.73 Å². The fraction of sp³-hybridized carbons (Fsp3) is 0.769. The van der Waals surface area contributed by atoms with E-state index >= 15 is 0 Å². The van der Waals surface area contributed by atoms with Gasteiger partial charge in [-0.1, -0.05) is 0 Å². The van der Waals surface area contributed by atoms with Crippen molar-refractivity contribution in [1.82, 2.24) is 19.6 Å². The molecule has 0 amide bonds. The Morgan fingerprint density at radius 1 is 1.17 bits per heavy atom. The standard InChI is InChI=1S/C13H25N5/c1-16-13(3-6-15-16)4-8-18-11-9-17(10-12-18)7-2-5-14/h3,6H,2,4-5,7-12,14H2,1H3. The molecule has 2 rings (SSSR count). The maximum absolute atomic E-state index is 5.54. The topological polar surface area (TPSA) is 50.3 Å². The molecule has 0 aromatic carbocycles. The maximum atomic E-state index is 5.54. The van der Waals surface area contributed by atoms with Crippen LogP contribution in [-0.2, 0) is 13.5 Å². The lowest BCUT2D eigenvalue weighted by atomic mass is 10.2. The Labute approximate surface area is 110 Å². The summed E-state index contributed by atoms with van der Waals surface area (Å²) in [6.07, 6.45) is 4.09. The van der Waals surface area contributed by atoms with Crippen molar-refractivity contribution >= 4 is 0 Å². The van der Waals surface area contributed by atoms with E-state index in [1.54, 1.807) is 0 Å². The summed E-state index contributed by atoms with van der Waals surface area (Å²) in [6.45, 7) is 7.85. The van der Waals surface area contributed by atoms with Crippen LogP contribution in [0.2, 0.25) is 0 Å².